The zero-order valence-electron chi connectivity index (χ0n) is 21.6. The molecule has 38 heavy (non-hydrogen) atoms. The predicted molar refractivity (Wildman–Crippen MR) is 143 cm³/mol. The van der Waals surface area contributed by atoms with E-state index < -0.39 is 11.8 Å². The Morgan fingerprint density at radius 1 is 1.13 bits per heavy atom. The van der Waals surface area contributed by atoms with Crippen molar-refractivity contribution in [2.75, 3.05) is 13.2 Å². The van der Waals surface area contributed by atoms with E-state index in [1.54, 1.807) is 35.7 Å². The molecule has 0 saturated carbocycles. The minimum atomic E-state index is -0.482. The monoisotopic (exact) mass is 512 g/mol. The maximum atomic E-state index is 15.1. The molecule has 0 aliphatic carbocycles. The van der Waals surface area contributed by atoms with E-state index in [1.165, 1.54) is 23.8 Å². The Labute approximate surface area is 220 Å². The molecule has 5 rings (SSSR count). The van der Waals surface area contributed by atoms with Gasteiger partial charge in [0.1, 0.15) is 11.5 Å². The van der Waals surface area contributed by atoms with Crippen LogP contribution in [-0.2, 0) is 22.4 Å². The maximum absolute atomic E-state index is 15.1. The first-order valence-corrected chi connectivity index (χ1v) is 12.8. The van der Waals surface area contributed by atoms with Gasteiger partial charge >= 0.3 is 5.97 Å². The summed E-state index contributed by atoms with van der Waals surface area (Å²) in [6, 6.07) is 16.3. The van der Waals surface area contributed by atoms with Gasteiger partial charge in [0.15, 0.2) is 5.65 Å². The van der Waals surface area contributed by atoms with Crippen molar-refractivity contribution in [1.29, 1.82) is 0 Å². The molecule has 1 unspecified atom stereocenters. The van der Waals surface area contributed by atoms with E-state index in [0.717, 1.165) is 17.7 Å². The van der Waals surface area contributed by atoms with Crippen LogP contribution in [0.1, 0.15) is 59.7 Å². The molecule has 7 nitrogen and oxygen atoms in total. The number of carbonyl (C=O) groups is 2. The standard InChI is InChI=1S/C30H29FN4O3/c1-4-22-17-27(30(37)34-15-14-21-8-6-7-9-23(21)19(34)3)32-28-18-26(33-35(22)28)24-12-10-20(16-25(24)31)11-13-29(36)38-5-2/h6-13,16-19H,4-5,14-15H2,1-3H3/b13-11+. The van der Waals surface area contributed by atoms with Gasteiger partial charge in [0.2, 0.25) is 0 Å². The second-order valence-corrected chi connectivity index (χ2v) is 9.23. The quantitative estimate of drug-likeness (QED) is 0.254. The molecule has 1 atom stereocenters. The van der Waals surface area contributed by atoms with Crippen molar-refractivity contribution in [3.63, 3.8) is 0 Å². The summed E-state index contributed by atoms with van der Waals surface area (Å²) in [5.41, 5.74) is 5.32. The van der Waals surface area contributed by atoms with Gasteiger partial charge in [0.25, 0.3) is 5.91 Å². The molecule has 8 heteroatoms. The van der Waals surface area contributed by atoms with Crippen LogP contribution in [0.15, 0.2) is 60.7 Å². The smallest absolute Gasteiger partial charge is 0.330 e. The maximum Gasteiger partial charge on any atom is 0.330 e. The van der Waals surface area contributed by atoms with E-state index >= 15 is 4.39 Å². The van der Waals surface area contributed by atoms with Gasteiger partial charge in [-0.1, -0.05) is 37.3 Å². The Morgan fingerprint density at radius 2 is 1.95 bits per heavy atom. The van der Waals surface area contributed by atoms with Gasteiger partial charge in [-0.15, -0.1) is 0 Å². The van der Waals surface area contributed by atoms with Gasteiger partial charge in [0, 0.05) is 29.9 Å². The SMILES string of the molecule is CCOC(=O)/C=C/c1ccc(-c2cc3nc(C(=O)N4CCc5ccccc5C4C)cc(CC)n3n2)c(F)c1. The zero-order chi connectivity index (χ0) is 26.8. The topological polar surface area (TPSA) is 76.8 Å². The molecule has 194 valence electrons. The van der Waals surface area contributed by atoms with E-state index in [2.05, 4.69) is 22.2 Å². The number of nitrogens with zero attached hydrogens (tertiary/aromatic N) is 4. The number of benzene rings is 2. The molecular weight excluding hydrogens is 483 g/mol. The average molecular weight is 513 g/mol. The van der Waals surface area contributed by atoms with Crippen molar-refractivity contribution in [2.45, 2.75) is 39.7 Å². The Balaban J connectivity index is 1.45. The largest absolute Gasteiger partial charge is 0.463 e. The van der Waals surface area contributed by atoms with Crippen LogP contribution in [-0.4, -0.2) is 44.5 Å². The summed E-state index contributed by atoms with van der Waals surface area (Å²) in [6.45, 7) is 6.64. The molecule has 1 aliphatic rings. The number of carbonyl (C=O) groups excluding carboxylic acids is 2. The van der Waals surface area contributed by atoms with Gasteiger partial charge in [-0.3, -0.25) is 4.79 Å². The van der Waals surface area contributed by atoms with Crippen molar-refractivity contribution in [2.24, 2.45) is 0 Å². The second kappa shape index (κ2) is 10.6. The average Bonchev–Trinajstić information content (AvgIpc) is 3.35. The summed E-state index contributed by atoms with van der Waals surface area (Å²) < 4.78 is 21.6. The number of hydrogen-bond acceptors (Lipinski definition) is 5. The van der Waals surface area contributed by atoms with Crippen molar-refractivity contribution in [3.05, 3.63) is 94.6 Å². The number of hydrogen-bond donors (Lipinski definition) is 0. The number of halogens is 1. The fourth-order valence-electron chi connectivity index (χ4n) is 4.92. The number of fused-ring (bicyclic) bond motifs is 2. The van der Waals surface area contributed by atoms with E-state index in [9.17, 15) is 9.59 Å². The van der Waals surface area contributed by atoms with E-state index in [-0.39, 0.29) is 18.6 Å². The highest BCUT2D eigenvalue weighted by Crippen LogP contribution is 2.31. The highest BCUT2D eigenvalue weighted by atomic mass is 19.1. The third-order valence-corrected chi connectivity index (χ3v) is 6.91. The van der Waals surface area contributed by atoms with Crippen molar-refractivity contribution < 1.29 is 18.7 Å². The number of amides is 1. The Bertz CT molecular complexity index is 1560. The van der Waals surface area contributed by atoms with Gasteiger partial charge in [0.05, 0.1) is 18.3 Å². The van der Waals surface area contributed by atoms with Crippen LogP contribution >= 0.6 is 0 Å². The molecule has 4 aromatic rings. The van der Waals surface area contributed by atoms with E-state index in [1.807, 2.05) is 30.9 Å². The molecule has 0 saturated heterocycles. The Morgan fingerprint density at radius 3 is 2.71 bits per heavy atom. The first kappa shape index (κ1) is 25.3. The second-order valence-electron chi connectivity index (χ2n) is 9.23. The van der Waals surface area contributed by atoms with Crippen LogP contribution in [0.25, 0.3) is 23.0 Å². The van der Waals surface area contributed by atoms with Crippen LogP contribution in [0.4, 0.5) is 4.39 Å². The number of rotatable bonds is 6. The summed E-state index contributed by atoms with van der Waals surface area (Å²) in [7, 11) is 0. The summed E-state index contributed by atoms with van der Waals surface area (Å²) in [5, 5.41) is 4.60. The van der Waals surface area contributed by atoms with Crippen LogP contribution in [0, 0.1) is 5.82 Å². The molecular formula is C30H29FN4O3. The van der Waals surface area contributed by atoms with E-state index in [0.29, 0.717) is 41.1 Å². The Hall–Kier alpha value is -4.33. The lowest BCUT2D eigenvalue weighted by atomic mass is 9.93. The van der Waals surface area contributed by atoms with Crippen molar-refractivity contribution in [1.82, 2.24) is 19.5 Å². The molecule has 1 aliphatic heterocycles. The number of aromatic nitrogens is 3. The molecule has 0 radical (unpaired) electrons. The summed E-state index contributed by atoms with van der Waals surface area (Å²) in [4.78, 5) is 31.6. The normalized spacial score (nSPS) is 15.2. The van der Waals surface area contributed by atoms with Gasteiger partial charge in [-0.2, -0.15) is 5.10 Å². The number of aryl methyl sites for hydroxylation is 1. The molecule has 0 fully saturated rings. The van der Waals surface area contributed by atoms with Crippen molar-refractivity contribution in [3.8, 4) is 11.3 Å². The molecule has 0 bridgehead atoms. The molecule has 1 amide bonds. The molecule has 2 aromatic carbocycles. The molecule has 2 aromatic heterocycles. The fraction of sp³-hybridized carbons (Fsp3) is 0.267. The van der Waals surface area contributed by atoms with Gasteiger partial charge < -0.3 is 9.64 Å². The van der Waals surface area contributed by atoms with Crippen LogP contribution in [0.5, 0.6) is 0 Å². The summed E-state index contributed by atoms with van der Waals surface area (Å²) >= 11 is 0. The number of ether oxygens (including phenoxy) is 1. The highest BCUT2D eigenvalue weighted by molar-refractivity contribution is 5.93. The molecule has 3 heterocycles. The first-order chi connectivity index (χ1) is 18.4. The third-order valence-electron chi connectivity index (χ3n) is 6.91. The van der Waals surface area contributed by atoms with Gasteiger partial charge in [-0.25, -0.2) is 18.7 Å². The summed E-state index contributed by atoms with van der Waals surface area (Å²) in [5.74, 6) is -1.09. The highest BCUT2D eigenvalue weighted by Gasteiger charge is 2.29. The van der Waals surface area contributed by atoms with Gasteiger partial charge in [-0.05, 0) is 67.7 Å². The summed E-state index contributed by atoms with van der Waals surface area (Å²) in [6.07, 6.45) is 4.19. The van der Waals surface area contributed by atoms with E-state index in [4.69, 9.17) is 4.74 Å². The lowest BCUT2D eigenvalue weighted by Crippen LogP contribution is -2.39. The first-order valence-electron chi connectivity index (χ1n) is 12.8. The minimum Gasteiger partial charge on any atom is -0.463 e. The molecule has 0 N–H and O–H groups in total. The third kappa shape index (κ3) is 4.81. The predicted octanol–water partition coefficient (Wildman–Crippen LogP) is 5.43. The van der Waals surface area contributed by atoms with Crippen LogP contribution < -0.4 is 0 Å². The Kier molecular flexibility index (Phi) is 7.05. The lowest BCUT2D eigenvalue weighted by Gasteiger charge is -2.35. The van der Waals surface area contributed by atoms with Crippen molar-refractivity contribution >= 4 is 23.6 Å². The minimum absolute atomic E-state index is 0.0542. The fourth-order valence-corrected chi connectivity index (χ4v) is 4.92. The lowest BCUT2D eigenvalue weighted by molar-refractivity contribution is -0.137. The van der Waals surface area contributed by atoms with Crippen LogP contribution in [0.3, 0.4) is 0 Å². The van der Waals surface area contributed by atoms with Crippen LogP contribution in [0.2, 0.25) is 0 Å². The number of esters is 1. The molecule has 0 spiro atoms. The zero-order valence-corrected chi connectivity index (χ0v) is 21.6.